The summed E-state index contributed by atoms with van der Waals surface area (Å²) >= 11 is 0. The summed E-state index contributed by atoms with van der Waals surface area (Å²) in [6, 6.07) is 27.3. The standard InChI is InChI=1S/C30H33N5O2/c1-4-19-34(30(37)31-20-24-14-7-5-8-15-24)21-27(36)32-29-28(25-16-9-6-10-17-25)23(3)33-35(29)26-18-12-11-13-22(26)2/h5-18H,4,19-21H2,1-3H3,(H,31,37)(H,32,36). The van der Waals surface area contributed by atoms with Gasteiger partial charge in [0.25, 0.3) is 0 Å². The Labute approximate surface area is 218 Å². The highest BCUT2D eigenvalue weighted by molar-refractivity contribution is 5.98. The van der Waals surface area contributed by atoms with E-state index in [4.69, 9.17) is 5.10 Å². The van der Waals surface area contributed by atoms with E-state index >= 15 is 0 Å². The quantitative estimate of drug-likeness (QED) is 0.312. The number of benzene rings is 3. The number of rotatable bonds is 9. The van der Waals surface area contributed by atoms with E-state index in [0.717, 1.165) is 40.1 Å². The van der Waals surface area contributed by atoms with Gasteiger partial charge in [0.15, 0.2) is 0 Å². The average Bonchev–Trinajstić information content (AvgIpc) is 3.23. The molecule has 0 aliphatic rings. The van der Waals surface area contributed by atoms with Gasteiger partial charge in [0.1, 0.15) is 12.4 Å². The van der Waals surface area contributed by atoms with Crippen LogP contribution in [0.15, 0.2) is 84.9 Å². The summed E-state index contributed by atoms with van der Waals surface area (Å²) in [4.78, 5) is 27.8. The molecule has 3 aromatic carbocycles. The molecule has 1 aromatic heterocycles. The first-order chi connectivity index (χ1) is 18.0. The molecule has 7 nitrogen and oxygen atoms in total. The summed E-state index contributed by atoms with van der Waals surface area (Å²) in [6.07, 6.45) is 0.738. The molecule has 0 aliphatic heterocycles. The van der Waals surface area contributed by atoms with Gasteiger partial charge in [-0.25, -0.2) is 9.48 Å². The van der Waals surface area contributed by atoms with Gasteiger partial charge >= 0.3 is 6.03 Å². The molecule has 0 aliphatic carbocycles. The first kappa shape index (κ1) is 25.7. The highest BCUT2D eigenvalue weighted by atomic mass is 16.2. The molecule has 0 atom stereocenters. The lowest BCUT2D eigenvalue weighted by atomic mass is 10.1. The second-order valence-corrected chi connectivity index (χ2v) is 8.99. The molecule has 0 fully saturated rings. The largest absolute Gasteiger partial charge is 0.334 e. The van der Waals surface area contributed by atoms with Crippen molar-refractivity contribution in [2.75, 3.05) is 18.4 Å². The summed E-state index contributed by atoms with van der Waals surface area (Å²) in [6.45, 7) is 6.74. The zero-order valence-electron chi connectivity index (χ0n) is 21.6. The predicted octanol–water partition coefficient (Wildman–Crippen LogP) is 5.72. The van der Waals surface area contributed by atoms with Crippen molar-refractivity contribution in [2.24, 2.45) is 0 Å². The van der Waals surface area contributed by atoms with Gasteiger partial charge in [-0.1, -0.05) is 85.8 Å². The number of nitrogens with zero attached hydrogens (tertiary/aromatic N) is 3. The maximum atomic E-state index is 13.4. The van der Waals surface area contributed by atoms with Gasteiger partial charge in [0.05, 0.1) is 11.4 Å². The minimum absolute atomic E-state index is 0.0688. The normalized spacial score (nSPS) is 10.7. The van der Waals surface area contributed by atoms with Crippen LogP contribution in [0.1, 0.15) is 30.2 Å². The molecular formula is C30H33N5O2. The average molecular weight is 496 g/mol. The Bertz CT molecular complexity index is 1350. The number of urea groups is 1. The summed E-state index contributed by atoms with van der Waals surface area (Å²) in [5.41, 5.74) is 5.54. The number of hydrogen-bond donors (Lipinski definition) is 2. The van der Waals surface area contributed by atoms with Crippen molar-refractivity contribution in [1.82, 2.24) is 20.0 Å². The Kier molecular flexibility index (Phi) is 8.36. The number of carbonyl (C=O) groups is 2. The Morgan fingerprint density at radius 2 is 1.54 bits per heavy atom. The first-order valence-electron chi connectivity index (χ1n) is 12.6. The van der Waals surface area contributed by atoms with Crippen LogP contribution < -0.4 is 10.6 Å². The lowest BCUT2D eigenvalue weighted by Crippen LogP contribution is -2.44. The van der Waals surface area contributed by atoms with Gasteiger partial charge in [-0.2, -0.15) is 5.10 Å². The van der Waals surface area contributed by atoms with Crippen LogP contribution in [0.5, 0.6) is 0 Å². The van der Waals surface area contributed by atoms with Crippen molar-refractivity contribution in [3.63, 3.8) is 0 Å². The Hall–Kier alpha value is -4.39. The maximum absolute atomic E-state index is 13.4. The first-order valence-corrected chi connectivity index (χ1v) is 12.6. The van der Waals surface area contributed by atoms with Crippen molar-refractivity contribution < 1.29 is 9.59 Å². The molecule has 3 amide bonds. The third kappa shape index (κ3) is 6.25. The summed E-state index contributed by atoms with van der Waals surface area (Å²) in [5.74, 6) is 0.305. The van der Waals surface area contributed by atoms with E-state index < -0.39 is 0 Å². The van der Waals surface area contributed by atoms with Gasteiger partial charge in [-0.05, 0) is 43.0 Å². The molecule has 2 N–H and O–H groups in total. The third-order valence-electron chi connectivity index (χ3n) is 6.13. The number of para-hydroxylation sites is 1. The van der Waals surface area contributed by atoms with Crippen LogP contribution in [0.2, 0.25) is 0 Å². The summed E-state index contributed by atoms with van der Waals surface area (Å²) < 4.78 is 1.78. The third-order valence-corrected chi connectivity index (χ3v) is 6.13. The highest BCUT2D eigenvalue weighted by Gasteiger charge is 2.23. The summed E-state index contributed by atoms with van der Waals surface area (Å²) in [5, 5.41) is 10.8. The fourth-order valence-electron chi connectivity index (χ4n) is 4.32. The SMILES string of the molecule is CCCN(CC(=O)Nc1c(-c2ccccc2)c(C)nn1-c1ccccc1C)C(=O)NCc1ccccc1. The van der Waals surface area contributed by atoms with E-state index in [2.05, 4.69) is 10.6 Å². The number of anilines is 1. The Balaban J connectivity index is 1.59. The molecule has 4 aromatic rings. The van der Waals surface area contributed by atoms with Crippen LogP contribution >= 0.6 is 0 Å². The van der Waals surface area contributed by atoms with E-state index in [1.165, 1.54) is 0 Å². The monoisotopic (exact) mass is 495 g/mol. The van der Waals surface area contributed by atoms with Crippen LogP contribution in [0.25, 0.3) is 16.8 Å². The predicted molar refractivity (Wildman–Crippen MR) is 148 cm³/mol. The number of hydrogen-bond acceptors (Lipinski definition) is 3. The summed E-state index contributed by atoms with van der Waals surface area (Å²) in [7, 11) is 0. The zero-order chi connectivity index (χ0) is 26.2. The Morgan fingerprint density at radius 1 is 0.892 bits per heavy atom. The van der Waals surface area contributed by atoms with Crippen LogP contribution in [0.4, 0.5) is 10.6 Å². The molecule has 0 saturated heterocycles. The molecule has 0 spiro atoms. The van der Waals surface area contributed by atoms with Crippen LogP contribution in [0.3, 0.4) is 0 Å². The van der Waals surface area contributed by atoms with Gasteiger partial charge in [-0.3, -0.25) is 4.79 Å². The zero-order valence-corrected chi connectivity index (χ0v) is 21.6. The lowest BCUT2D eigenvalue weighted by Gasteiger charge is -2.22. The van der Waals surface area contributed by atoms with Gasteiger partial charge < -0.3 is 15.5 Å². The van der Waals surface area contributed by atoms with Gasteiger partial charge in [0.2, 0.25) is 5.91 Å². The Morgan fingerprint density at radius 3 is 2.22 bits per heavy atom. The fourth-order valence-corrected chi connectivity index (χ4v) is 4.32. The molecule has 0 saturated carbocycles. The van der Waals surface area contributed by atoms with Crippen molar-refractivity contribution in [3.8, 4) is 16.8 Å². The van der Waals surface area contributed by atoms with Crippen LogP contribution in [-0.2, 0) is 11.3 Å². The van der Waals surface area contributed by atoms with E-state index in [9.17, 15) is 9.59 Å². The van der Waals surface area contributed by atoms with Crippen molar-refractivity contribution in [2.45, 2.75) is 33.7 Å². The van der Waals surface area contributed by atoms with Gasteiger partial charge in [0, 0.05) is 18.7 Å². The van der Waals surface area contributed by atoms with Crippen molar-refractivity contribution in [1.29, 1.82) is 0 Å². The number of aromatic nitrogens is 2. The second kappa shape index (κ2) is 12.0. The smallest absolute Gasteiger partial charge is 0.318 e. The molecule has 0 unspecified atom stereocenters. The maximum Gasteiger partial charge on any atom is 0.318 e. The molecule has 190 valence electrons. The van der Waals surface area contributed by atoms with Crippen molar-refractivity contribution in [3.05, 3.63) is 102 Å². The highest BCUT2D eigenvalue weighted by Crippen LogP contribution is 2.34. The van der Waals surface area contributed by atoms with Crippen LogP contribution in [0, 0.1) is 13.8 Å². The molecular weight excluding hydrogens is 462 g/mol. The lowest BCUT2D eigenvalue weighted by molar-refractivity contribution is -0.116. The van der Waals surface area contributed by atoms with E-state index in [1.54, 1.807) is 9.58 Å². The molecule has 7 heteroatoms. The number of nitrogens with one attached hydrogen (secondary N) is 2. The number of carbonyl (C=O) groups excluding carboxylic acids is 2. The van der Waals surface area contributed by atoms with E-state index in [-0.39, 0.29) is 18.5 Å². The number of aryl methyl sites for hydroxylation is 2. The van der Waals surface area contributed by atoms with Crippen molar-refractivity contribution >= 4 is 17.8 Å². The number of amides is 3. The molecule has 1 heterocycles. The molecule has 0 radical (unpaired) electrons. The van der Waals surface area contributed by atoms with E-state index in [1.807, 2.05) is 106 Å². The second-order valence-electron chi connectivity index (χ2n) is 8.99. The molecule has 37 heavy (non-hydrogen) atoms. The fraction of sp³-hybridized carbons (Fsp3) is 0.233. The minimum Gasteiger partial charge on any atom is -0.334 e. The van der Waals surface area contributed by atoms with Crippen LogP contribution in [-0.4, -0.2) is 39.7 Å². The molecule has 4 rings (SSSR count). The minimum atomic E-state index is -0.282. The molecule has 0 bridgehead atoms. The topological polar surface area (TPSA) is 79.3 Å². The van der Waals surface area contributed by atoms with Gasteiger partial charge in [-0.15, -0.1) is 0 Å². The van der Waals surface area contributed by atoms with E-state index in [0.29, 0.717) is 18.9 Å².